The molecule has 1 aliphatic heterocycles. The molecular weight excluding hydrogens is 359 g/mol. The first-order valence-electron chi connectivity index (χ1n) is 8.80. The predicted molar refractivity (Wildman–Crippen MR) is 95.0 cm³/mol. The number of halogens is 2. The van der Waals surface area contributed by atoms with Gasteiger partial charge in [0, 0.05) is 23.9 Å². The Bertz CT molecular complexity index is 703. The highest BCUT2D eigenvalue weighted by molar-refractivity contribution is 6.43. The number of hydrogen-bond donors (Lipinski definition) is 3. The topological polar surface area (TPSA) is 103 Å². The molecule has 2 atom stereocenters. The molecule has 1 aliphatic rings. The van der Waals surface area contributed by atoms with E-state index in [9.17, 15) is 28.4 Å². The van der Waals surface area contributed by atoms with Crippen LogP contribution < -0.4 is 5.32 Å². The van der Waals surface area contributed by atoms with E-state index < -0.39 is 49.8 Å². The molecule has 148 valence electrons. The number of carbonyl (C=O) groups is 2. The van der Waals surface area contributed by atoms with Crippen molar-refractivity contribution < 1.29 is 28.4 Å². The SMILES string of the molecule is CC(C)Cc1cc(C(=O)N[C@@H](C)C(=O)N2CC(F)(F)C[C@H]2B(O)O)ccn1. The zero-order valence-corrected chi connectivity index (χ0v) is 15.5. The number of rotatable bonds is 6. The van der Waals surface area contributed by atoms with Crippen molar-refractivity contribution in [1.29, 1.82) is 0 Å². The van der Waals surface area contributed by atoms with Gasteiger partial charge in [0.2, 0.25) is 5.91 Å². The van der Waals surface area contributed by atoms with Crippen molar-refractivity contribution >= 4 is 18.9 Å². The summed E-state index contributed by atoms with van der Waals surface area (Å²) in [6.45, 7) is 4.50. The van der Waals surface area contributed by atoms with E-state index in [0.29, 0.717) is 22.8 Å². The number of alkyl halides is 2. The molecular formula is C17H24BF2N3O4. The summed E-state index contributed by atoms with van der Waals surface area (Å²) < 4.78 is 27.2. The Morgan fingerprint density at radius 2 is 2.07 bits per heavy atom. The van der Waals surface area contributed by atoms with Gasteiger partial charge in [-0.25, -0.2) is 8.78 Å². The zero-order valence-electron chi connectivity index (χ0n) is 15.5. The highest BCUT2D eigenvalue weighted by Crippen LogP contribution is 2.32. The molecule has 0 saturated carbocycles. The molecule has 1 saturated heterocycles. The van der Waals surface area contributed by atoms with E-state index in [1.165, 1.54) is 19.2 Å². The van der Waals surface area contributed by atoms with Gasteiger partial charge < -0.3 is 20.3 Å². The largest absolute Gasteiger partial charge is 0.475 e. The van der Waals surface area contributed by atoms with Crippen LogP contribution in [0.4, 0.5) is 8.78 Å². The fourth-order valence-corrected chi connectivity index (χ4v) is 3.09. The lowest BCUT2D eigenvalue weighted by Gasteiger charge is -2.26. The predicted octanol–water partition coefficient (Wildman–Crippen LogP) is 0.647. The van der Waals surface area contributed by atoms with Gasteiger partial charge in [0.15, 0.2) is 0 Å². The van der Waals surface area contributed by atoms with Gasteiger partial charge in [0.1, 0.15) is 6.04 Å². The molecule has 1 aromatic rings. The van der Waals surface area contributed by atoms with E-state index in [-0.39, 0.29) is 0 Å². The zero-order chi connectivity index (χ0) is 20.4. The van der Waals surface area contributed by atoms with Crippen LogP contribution in [0.25, 0.3) is 0 Å². The number of likely N-dealkylation sites (tertiary alicyclic amines) is 1. The van der Waals surface area contributed by atoms with Gasteiger partial charge in [0.05, 0.1) is 12.5 Å². The number of hydrogen-bond acceptors (Lipinski definition) is 5. The molecule has 0 spiro atoms. The number of amides is 2. The van der Waals surface area contributed by atoms with E-state index in [4.69, 9.17) is 0 Å². The van der Waals surface area contributed by atoms with Gasteiger partial charge in [-0.2, -0.15) is 0 Å². The van der Waals surface area contributed by atoms with Crippen LogP contribution in [0.3, 0.4) is 0 Å². The second-order valence-electron chi connectivity index (χ2n) is 7.34. The Balaban J connectivity index is 2.06. The lowest BCUT2D eigenvalue weighted by atomic mass is 9.77. The molecule has 3 N–H and O–H groups in total. The summed E-state index contributed by atoms with van der Waals surface area (Å²) in [5.74, 6) is -5.59. The van der Waals surface area contributed by atoms with Crippen LogP contribution in [0, 0.1) is 5.92 Å². The van der Waals surface area contributed by atoms with Gasteiger partial charge in [-0.05, 0) is 31.4 Å². The maximum Gasteiger partial charge on any atom is 0.475 e. The maximum atomic E-state index is 13.6. The fraction of sp³-hybridized carbons (Fsp3) is 0.588. The van der Waals surface area contributed by atoms with E-state index in [1.54, 1.807) is 6.07 Å². The summed E-state index contributed by atoms with van der Waals surface area (Å²) in [5.41, 5.74) is 1.05. The Hall–Kier alpha value is -2.07. The summed E-state index contributed by atoms with van der Waals surface area (Å²) in [4.78, 5) is 29.8. The van der Waals surface area contributed by atoms with Gasteiger partial charge in [-0.15, -0.1) is 0 Å². The third kappa shape index (κ3) is 5.46. The van der Waals surface area contributed by atoms with Gasteiger partial charge in [-0.3, -0.25) is 14.6 Å². The van der Waals surface area contributed by atoms with Crippen LogP contribution in [0.2, 0.25) is 0 Å². The first kappa shape index (κ1) is 21.2. The average Bonchev–Trinajstić information content (AvgIpc) is 2.89. The number of nitrogens with one attached hydrogen (secondary N) is 1. The monoisotopic (exact) mass is 383 g/mol. The van der Waals surface area contributed by atoms with Gasteiger partial charge in [-0.1, -0.05) is 13.8 Å². The second kappa shape index (κ2) is 8.31. The lowest BCUT2D eigenvalue weighted by molar-refractivity contribution is -0.134. The van der Waals surface area contributed by atoms with Crippen LogP contribution in [0.15, 0.2) is 18.3 Å². The fourth-order valence-electron chi connectivity index (χ4n) is 3.09. The quantitative estimate of drug-likeness (QED) is 0.626. The molecule has 2 amide bonds. The number of pyridine rings is 1. The van der Waals surface area contributed by atoms with E-state index in [1.807, 2.05) is 13.8 Å². The van der Waals surface area contributed by atoms with Crippen molar-refractivity contribution in [3.05, 3.63) is 29.6 Å². The third-order valence-electron chi connectivity index (χ3n) is 4.35. The van der Waals surface area contributed by atoms with Crippen molar-refractivity contribution in [2.75, 3.05) is 6.54 Å². The molecule has 2 rings (SSSR count). The molecule has 2 heterocycles. The van der Waals surface area contributed by atoms with Crippen molar-refractivity contribution in [3.8, 4) is 0 Å². The molecule has 7 nitrogen and oxygen atoms in total. The minimum absolute atomic E-state index is 0.311. The second-order valence-corrected chi connectivity index (χ2v) is 7.34. The normalized spacial score (nSPS) is 19.9. The summed E-state index contributed by atoms with van der Waals surface area (Å²) in [5, 5.41) is 21.0. The van der Waals surface area contributed by atoms with Crippen molar-refractivity contribution in [1.82, 2.24) is 15.2 Å². The van der Waals surface area contributed by atoms with Crippen molar-refractivity contribution in [3.63, 3.8) is 0 Å². The molecule has 1 aromatic heterocycles. The van der Waals surface area contributed by atoms with Crippen molar-refractivity contribution in [2.24, 2.45) is 5.92 Å². The molecule has 0 aromatic carbocycles. The number of carbonyl (C=O) groups excluding carboxylic acids is 2. The minimum Gasteiger partial charge on any atom is -0.426 e. The molecule has 0 unspecified atom stereocenters. The summed E-state index contributed by atoms with van der Waals surface area (Å²) in [6, 6.07) is 2.02. The molecule has 0 radical (unpaired) electrons. The number of aromatic nitrogens is 1. The molecule has 0 bridgehead atoms. The Kier molecular flexibility index (Phi) is 6.53. The van der Waals surface area contributed by atoms with Gasteiger partial charge >= 0.3 is 7.12 Å². The Morgan fingerprint density at radius 3 is 2.67 bits per heavy atom. The van der Waals surface area contributed by atoms with Crippen LogP contribution in [0.1, 0.15) is 43.2 Å². The minimum atomic E-state index is -3.20. The highest BCUT2D eigenvalue weighted by Gasteiger charge is 2.51. The smallest absolute Gasteiger partial charge is 0.426 e. The molecule has 10 heteroatoms. The van der Waals surface area contributed by atoms with E-state index >= 15 is 0 Å². The summed E-state index contributed by atoms with van der Waals surface area (Å²) in [7, 11) is -2.08. The standard InChI is InChI=1S/C17H24BF2N3O4/c1-10(2)6-13-7-12(4-5-21-13)15(24)22-11(3)16(25)23-9-17(19,20)8-14(23)18(26)27/h4-5,7,10-11,14,26-27H,6,8-9H2,1-3H3,(H,22,24)/t11-,14-/m0/s1. The summed E-state index contributed by atoms with van der Waals surface area (Å²) >= 11 is 0. The first-order valence-corrected chi connectivity index (χ1v) is 8.80. The van der Waals surface area contributed by atoms with Crippen LogP contribution in [0.5, 0.6) is 0 Å². The lowest BCUT2D eigenvalue weighted by Crippen LogP contribution is -2.52. The maximum absolute atomic E-state index is 13.6. The van der Waals surface area contributed by atoms with E-state index in [2.05, 4.69) is 10.3 Å². The average molecular weight is 383 g/mol. The Labute approximate surface area is 156 Å². The Morgan fingerprint density at radius 1 is 1.41 bits per heavy atom. The van der Waals surface area contributed by atoms with Crippen LogP contribution in [-0.2, 0) is 11.2 Å². The molecule has 27 heavy (non-hydrogen) atoms. The van der Waals surface area contributed by atoms with E-state index in [0.717, 1.165) is 5.69 Å². The number of nitrogens with zero attached hydrogens (tertiary/aromatic N) is 2. The summed E-state index contributed by atoms with van der Waals surface area (Å²) in [6.07, 6.45) is 1.35. The van der Waals surface area contributed by atoms with Crippen LogP contribution >= 0.6 is 0 Å². The first-order chi connectivity index (χ1) is 12.5. The van der Waals surface area contributed by atoms with Gasteiger partial charge in [0.25, 0.3) is 11.8 Å². The third-order valence-corrected chi connectivity index (χ3v) is 4.35. The molecule has 1 fully saturated rings. The highest BCUT2D eigenvalue weighted by atomic mass is 19.3. The van der Waals surface area contributed by atoms with Crippen LogP contribution in [-0.4, -0.2) is 63.3 Å². The molecule has 0 aliphatic carbocycles. The van der Waals surface area contributed by atoms with Crippen molar-refractivity contribution in [2.45, 2.75) is 51.5 Å².